The molecule has 0 nitrogen and oxygen atoms in total. The maximum atomic E-state index is 2.42. The summed E-state index contributed by atoms with van der Waals surface area (Å²) in [6.07, 6.45) is 0. The second-order valence-corrected chi connectivity index (χ2v) is 12.0. The first-order valence-corrected chi connectivity index (χ1v) is 14.8. The van der Waals surface area contributed by atoms with Gasteiger partial charge in [0.2, 0.25) is 0 Å². The number of hydrogen-bond donors (Lipinski definition) is 0. The van der Waals surface area contributed by atoms with Crippen molar-refractivity contribution < 1.29 is 0 Å². The molecule has 42 heavy (non-hydrogen) atoms. The van der Waals surface area contributed by atoms with E-state index in [0.717, 1.165) is 0 Å². The molecule has 0 aliphatic carbocycles. The van der Waals surface area contributed by atoms with E-state index in [4.69, 9.17) is 0 Å². The number of fused-ring (bicyclic) bond motifs is 11. The fourth-order valence-corrected chi connectivity index (χ4v) is 8.42. The minimum absolute atomic E-state index is 1.29. The molecule has 11 aromatic rings. The van der Waals surface area contributed by atoms with Crippen LogP contribution in [0.2, 0.25) is 0 Å². The minimum Gasteiger partial charge on any atom is -0.0616 e. The Hall–Kier alpha value is -5.46. The Bertz CT molecular complexity index is 2940. The van der Waals surface area contributed by atoms with Gasteiger partial charge in [0.05, 0.1) is 0 Å². The molecule has 11 rings (SSSR count). The summed E-state index contributed by atoms with van der Waals surface area (Å²) in [6.45, 7) is 0. The van der Waals surface area contributed by atoms with Gasteiger partial charge in [-0.15, -0.1) is 0 Å². The lowest BCUT2D eigenvalue weighted by Crippen LogP contribution is -1.93. The van der Waals surface area contributed by atoms with Crippen LogP contribution in [0.15, 0.2) is 133 Å². The normalized spacial score (nSPS) is 12.8. The van der Waals surface area contributed by atoms with E-state index in [-0.39, 0.29) is 0 Å². The third-order valence-corrected chi connectivity index (χ3v) is 10.1. The van der Waals surface area contributed by atoms with Gasteiger partial charge in [-0.05, 0) is 114 Å². The van der Waals surface area contributed by atoms with E-state index in [1.807, 2.05) is 0 Å². The van der Waals surface area contributed by atoms with E-state index in [9.17, 15) is 0 Å². The Morgan fingerprint density at radius 3 is 1.45 bits per heavy atom. The maximum Gasteiger partial charge on any atom is -0.000784 e. The van der Waals surface area contributed by atoms with Crippen molar-refractivity contribution in [3.8, 4) is 0 Å². The molecule has 190 valence electrons. The fraction of sp³-hybridized carbons (Fsp3) is 0. The SMILES string of the molecule is c1ccc2c(c1)ccc1cc3ccc4c5ccc6cccc7c8c9ccccc9ccc8c(c8ccc(c12)c3c48)c5c67. The second-order valence-electron chi connectivity index (χ2n) is 12.0. The zero-order valence-corrected chi connectivity index (χ0v) is 22.7. The first-order valence-electron chi connectivity index (χ1n) is 14.8. The van der Waals surface area contributed by atoms with Crippen LogP contribution in [0.1, 0.15) is 0 Å². The predicted molar refractivity (Wildman–Crippen MR) is 184 cm³/mol. The molecule has 0 heterocycles. The van der Waals surface area contributed by atoms with Gasteiger partial charge < -0.3 is 0 Å². The van der Waals surface area contributed by atoms with Gasteiger partial charge in [-0.3, -0.25) is 0 Å². The molecular weight excluding hydrogens is 504 g/mol. The molecule has 0 spiro atoms. The fourth-order valence-electron chi connectivity index (χ4n) is 8.42. The third-order valence-electron chi connectivity index (χ3n) is 10.1. The van der Waals surface area contributed by atoms with Gasteiger partial charge in [0, 0.05) is 0 Å². The highest BCUT2D eigenvalue weighted by Crippen LogP contribution is 2.50. The Kier molecular flexibility index (Phi) is 3.67. The maximum absolute atomic E-state index is 2.42. The van der Waals surface area contributed by atoms with Crippen LogP contribution in [-0.4, -0.2) is 0 Å². The molecule has 0 saturated carbocycles. The van der Waals surface area contributed by atoms with Crippen LogP contribution in [0.3, 0.4) is 0 Å². The molecule has 0 aliphatic heterocycles. The highest BCUT2D eigenvalue weighted by atomic mass is 14.2. The van der Waals surface area contributed by atoms with Crippen molar-refractivity contribution in [1.29, 1.82) is 0 Å². The summed E-state index contributed by atoms with van der Waals surface area (Å²) >= 11 is 0. The lowest BCUT2D eigenvalue weighted by molar-refractivity contribution is 1.79. The number of hydrogen-bond acceptors (Lipinski definition) is 0. The third kappa shape index (κ3) is 2.39. The number of benzene rings is 11. The standard InChI is InChI=1S/C42H22/c1-3-9-28-23(6-1)12-13-26-22-27-16-18-30-31-17-15-25-8-5-11-32-37(25)42(31)41(35-21-20-33(36(26)28)38(27)40(30)35)34-19-14-24-7-2-4-10-29(24)39(32)34/h1-22H. The molecule has 0 fully saturated rings. The summed E-state index contributed by atoms with van der Waals surface area (Å²) in [7, 11) is 0. The highest BCUT2D eigenvalue weighted by molar-refractivity contribution is 6.47. The summed E-state index contributed by atoms with van der Waals surface area (Å²) in [5.74, 6) is 0. The lowest BCUT2D eigenvalue weighted by Gasteiger charge is -2.21. The summed E-state index contributed by atoms with van der Waals surface area (Å²) in [5.41, 5.74) is 0. The van der Waals surface area contributed by atoms with E-state index in [0.29, 0.717) is 0 Å². The van der Waals surface area contributed by atoms with Crippen LogP contribution < -0.4 is 0 Å². The van der Waals surface area contributed by atoms with Gasteiger partial charge >= 0.3 is 0 Å². The summed E-state index contributed by atoms with van der Waals surface area (Å²) in [5, 5.41) is 26.9. The Labute approximate surface area is 240 Å². The smallest absolute Gasteiger partial charge is 0.000784 e. The molecule has 0 atom stereocenters. The molecule has 0 unspecified atom stereocenters. The first-order chi connectivity index (χ1) is 20.8. The van der Waals surface area contributed by atoms with Crippen molar-refractivity contribution >= 4 is 108 Å². The summed E-state index contributed by atoms with van der Waals surface area (Å²) in [6, 6.07) is 50.4. The minimum atomic E-state index is 1.29. The van der Waals surface area contributed by atoms with E-state index in [2.05, 4.69) is 133 Å². The second kappa shape index (κ2) is 7.24. The van der Waals surface area contributed by atoms with Crippen molar-refractivity contribution in [2.75, 3.05) is 0 Å². The molecule has 0 radical (unpaired) electrons. The molecule has 0 amide bonds. The van der Waals surface area contributed by atoms with Gasteiger partial charge in [-0.1, -0.05) is 127 Å². The zero-order chi connectivity index (χ0) is 27.1. The number of rotatable bonds is 0. The molecule has 0 aromatic heterocycles. The molecule has 0 N–H and O–H groups in total. The van der Waals surface area contributed by atoms with Crippen LogP contribution in [0.25, 0.3) is 108 Å². The Morgan fingerprint density at radius 2 is 0.619 bits per heavy atom. The van der Waals surface area contributed by atoms with Gasteiger partial charge in [-0.25, -0.2) is 0 Å². The van der Waals surface area contributed by atoms with Crippen molar-refractivity contribution in [3.05, 3.63) is 133 Å². The summed E-state index contributed by atoms with van der Waals surface area (Å²) < 4.78 is 0. The molecule has 0 heteroatoms. The van der Waals surface area contributed by atoms with Gasteiger partial charge in [0.25, 0.3) is 0 Å². The molecule has 11 aromatic carbocycles. The molecule has 0 bridgehead atoms. The van der Waals surface area contributed by atoms with Crippen molar-refractivity contribution in [3.63, 3.8) is 0 Å². The molecule has 0 aliphatic rings. The molecule has 0 saturated heterocycles. The molecular formula is C42H22. The van der Waals surface area contributed by atoms with Crippen molar-refractivity contribution in [1.82, 2.24) is 0 Å². The van der Waals surface area contributed by atoms with Gasteiger partial charge in [-0.2, -0.15) is 0 Å². The Balaban J connectivity index is 1.49. The van der Waals surface area contributed by atoms with E-state index in [1.54, 1.807) is 0 Å². The van der Waals surface area contributed by atoms with Crippen LogP contribution in [0, 0.1) is 0 Å². The zero-order valence-electron chi connectivity index (χ0n) is 22.7. The van der Waals surface area contributed by atoms with Crippen LogP contribution in [-0.2, 0) is 0 Å². The van der Waals surface area contributed by atoms with E-state index < -0.39 is 0 Å². The average molecular weight is 527 g/mol. The monoisotopic (exact) mass is 526 g/mol. The van der Waals surface area contributed by atoms with Crippen LogP contribution in [0.4, 0.5) is 0 Å². The van der Waals surface area contributed by atoms with Crippen LogP contribution >= 0.6 is 0 Å². The van der Waals surface area contributed by atoms with Gasteiger partial charge in [0.1, 0.15) is 0 Å². The first kappa shape index (κ1) is 21.3. The predicted octanol–water partition coefficient (Wildman–Crippen LogP) is 12.1. The van der Waals surface area contributed by atoms with E-state index in [1.165, 1.54) is 108 Å². The lowest BCUT2D eigenvalue weighted by atomic mass is 9.81. The van der Waals surface area contributed by atoms with Crippen molar-refractivity contribution in [2.45, 2.75) is 0 Å². The summed E-state index contributed by atoms with van der Waals surface area (Å²) in [4.78, 5) is 0. The average Bonchev–Trinajstić information content (AvgIpc) is 3.05. The Morgan fingerprint density at radius 1 is 0.190 bits per heavy atom. The quantitative estimate of drug-likeness (QED) is 0.136. The largest absolute Gasteiger partial charge is 0.0616 e. The van der Waals surface area contributed by atoms with E-state index >= 15 is 0 Å². The van der Waals surface area contributed by atoms with Crippen molar-refractivity contribution in [2.24, 2.45) is 0 Å². The highest BCUT2D eigenvalue weighted by Gasteiger charge is 2.21. The topological polar surface area (TPSA) is 0 Å². The van der Waals surface area contributed by atoms with Gasteiger partial charge in [0.15, 0.2) is 0 Å². The van der Waals surface area contributed by atoms with Crippen LogP contribution in [0.5, 0.6) is 0 Å².